The maximum Gasteiger partial charge on any atom is 0.311 e. The molecule has 3 aromatic rings. The highest BCUT2D eigenvalue weighted by Gasteiger charge is 2.22. The molecule has 3 aromatic carbocycles. The van der Waals surface area contributed by atoms with Crippen LogP contribution < -0.4 is 20.1 Å². The van der Waals surface area contributed by atoms with Gasteiger partial charge in [0.05, 0.1) is 17.7 Å². The highest BCUT2D eigenvalue weighted by molar-refractivity contribution is 6.05. The Morgan fingerprint density at radius 1 is 1.00 bits per heavy atom. The number of carbonyl (C=O) groups is 2. The summed E-state index contributed by atoms with van der Waals surface area (Å²) in [7, 11) is 1.50. The minimum Gasteiger partial charge on any atom is -0.495 e. The average Bonchev–Trinajstić information content (AvgIpc) is 2.79. The van der Waals surface area contributed by atoms with Crippen molar-refractivity contribution in [2.24, 2.45) is 0 Å². The molecular formula is C23H20FN3O6. The number of nitro benzene ring substituents is 1. The number of benzene rings is 3. The summed E-state index contributed by atoms with van der Waals surface area (Å²) in [6, 6.07) is 15.8. The maximum absolute atomic E-state index is 13.4. The number of amides is 2. The van der Waals surface area contributed by atoms with Crippen molar-refractivity contribution >= 4 is 28.9 Å². The molecule has 2 amide bonds. The van der Waals surface area contributed by atoms with Gasteiger partial charge in [-0.1, -0.05) is 12.1 Å². The van der Waals surface area contributed by atoms with E-state index >= 15 is 0 Å². The third-order valence-corrected chi connectivity index (χ3v) is 4.56. The van der Waals surface area contributed by atoms with Crippen LogP contribution in [0.15, 0.2) is 66.7 Å². The molecule has 1 atom stereocenters. The van der Waals surface area contributed by atoms with Gasteiger partial charge >= 0.3 is 5.69 Å². The second kappa shape index (κ2) is 10.2. The van der Waals surface area contributed by atoms with E-state index in [-0.39, 0.29) is 11.7 Å². The fraction of sp³-hybridized carbons (Fsp3) is 0.130. The Bertz CT molecular complexity index is 1180. The SMILES string of the molecule is COc1ccccc1NC(=O)c1ccc(NC(=O)C(C)Oc2cc(F)ccc2[N+](=O)[O-])cc1. The lowest BCUT2D eigenvalue weighted by Gasteiger charge is -2.15. The first-order chi connectivity index (χ1) is 15.8. The standard InChI is InChI=1S/C23H20FN3O6/c1-14(33-21-13-16(24)9-12-19(21)27(30)31)22(28)25-17-10-7-15(8-11-17)23(29)26-18-5-3-4-6-20(18)32-2/h3-14H,1-2H3,(H,25,28)(H,26,29). The van der Waals surface area contributed by atoms with Crippen LogP contribution in [0.1, 0.15) is 17.3 Å². The van der Waals surface area contributed by atoms with Crippen LogP contribution in [-0.2, 0) is 4.79 Å². The van der Waals surface area contributed by atoms with Crippen molar-refractivity contribution in [1.82, 2.24) is 0 Å². The molecule has 9 nitrogen and oxygen atoms in total. The van der Waals surface area contributed by atoms with Gasteiger partial charge in [0.1, 0.15) is 11.6 Å². The number of carbonyl (C=O) groups excluding carboxylic acids is 2. The highest BCUT2D eigenvalue weighted by atomic mass is 19.1. The van der Waals surface area contributed by atoms with Crippen molar-refractivity contribution < 1.29 is 28.4 Å². The molecule has 0 heterocycles. The summed E-state index contributed by atoms with van der Waals surface area (Å²) in [5.74, 6) is -1.55. The highest BCUT2D eigenvalue weighted by Crippen LogP contribution is 2.28. The molecule has 0 aliphatic rings. The van der Waals surface area contributed by atoms with E-state index in [9.17, 15) is 24.1 Å². The predicted molar refractivity (Wildman–Crippen MR) is 119 cm³/mol. The molecule has 10 heteroatoms. The minimum absolute atomic E-state index is 0.346. The third kappa shape index (κ3) is 5.82. The molecule has 0 saturated carbocycles. The molecule has 1 unspecified atom stereocenters. The van der Waals surface area contributed by atoms with E-state index in [1.165, 1.54) is 38.3 Å². The predicted octanol–water partition coefficient (Wildman–Crippen LogP) is 4.40. The summed E-state index contributed by atoms with van der Waals surface area (Å²) in [6.45, 7) is 1.37. The second-order valence-corrected chi connectivity index (χ2v) is 6.85. The maximum atomic E-state index is 13.4. The van der Waals surface area contributed by atoms with Gasteiger partial charge in [0, 0.05) is 23.4 Å². The molecule has 0 aromatic heterocycles. The van der Waals surface area contributed by atoms with E-state index in [2.05, 4.69) is 10.6 Å². The Labute approximate surface area is 188 Å². The smallest absolute Gasteiger partial charge is 0.311 e. The average molecular weight is 453 g/mol. The van der Waals surface area contributed by atoms with Crippen molar-refractivity contribution in [1.29, 1.82) is 0 Å². The molecule has 0 radical (unpaired) electrons. The first-order valence-electron chi connectivity index (χ1n) is 9.74. The summed E-state index contributed by atoms with van der Waals surface area (Å²) in [6.07, 6.45) is -1.15. The summed E-state index contributed by atoms with van der Waals surface area (Å²) >= 11 is 0. The zero-order valence-corrected chi connectivity index (χ0v) is 17.7. The van der Waals surface area contributed by atoms with E-state index in [4.69, 9.17) is 9.47 Å². The lowest BCUT2D eigenvalue weighted by Crippen LogP contribution is -2.30. The van der Waals surface area contributed by atoms with Crippen LogP contribution in [0.25, 0.3) is 0 Å². The van der Waals surface area contributed by atoms with Crippen LogP contribution in [-0.4, -0.2) is 30.0 Å². The number of nitrogens with one attached hydrogen (secondary N) is 2. The topological polar surface area (TPSA) is 120 Å². The van der Waals surface area contributed by atoms with Crippen LogP contribution in [0, 0.1) is 15.9 Å². The van der Waals surface area contributed by atoms with Gasteiger partial charge in [-0.05, 0) is 49.4 Å². The summed E-state index contributed by atoms with van der Waals surface area (Å²) in [5.41, 5.74) is 0.776. The molecule has 33 heavy (non-hydrogen) atoms. The van der Waals surface area contributed by atoms with Crippen LogP contribution in [0.3, 0.4) is 0 Å². The number of nitro groups is 1. The molecule has 2 N–H and O–H groups in total. The third-order valence-electron chi connectivity index (χ3n) is 4.56. The first-order valence-corrected chi connectivity index (χ1v) is 9.74. The molecule has 3 rings (SSSR count). The number of ether oxygens (including phenoxy) is 2. The molecular weight excluding hydrogens is 433 g/mol. The van der Waals surface area contributed by atoms with Crippen LogP contribution in [0.5, 0.6) is 11.5 Å². The zero-order chi connectivity index (χ0) is 24.0. The monoisotopic (exact) mass is 453 g/mol. The van der Waals surface area contributed by atoms with Crippen molar-refractivity contribution in [2.45, 2.75) is 13.0 Å². The Morgan fingerprint density at radius 3 is 2.36 bits per heavy atom. The van der Waals surface area contributed by atoms with Gasteiger partial charge in [-0.25, -0.2) is 4.39 Å². The lowest BCUT2D eigenvalue weighted by atomic mass is 10.1. The van der Waals surface area contributed by atoms with Crippen molar-refractivity contribution in [3.05, 3.63) is 88.2 Å². The Morgan fingerprint density at radius 2 is 1.70 bits per heavy atom. The van der Waals surface area contributed by atoms with Gasteiger partial charge in [-0.15, -0.1) is 0 Å². The van der Waals surface area contributed by atoms with E-state index in [0.29, 0.717) is 22.7 Å². The fourth-order valence-corrected chi connectivity index (χ4v) is 2.87. The second-order valence-electron chi connectivity index (χ2n) is 6.85. The molecule has 0 saturated heterocycles. The van der Waals surface area contributed by atoms with Crippen molar-refractivity contribution in [2.75, 3.05) is 17.7 Å². The molecule has 0 fully saturated rings. The van der Waals surface area contributed by atoms with Gasteiger partial charge in [-0.3, -0.25) is 19.7 Å². The number of para-hydroxylation sites is 2. The summed E-state index contributed by atoms with van der Waals surface area (Å²) < 4.78 is 24.0. The molecule has 0 aliphatic carbocycles. The largest absolute Gasteiger partial charge is 0.495 e. The number of methoxy groups -OCH3 is 1. The quantitative estimate of drug-likeness (QED) is 0.385. The molecule has 0 spiro atoms. The molecule has 0 aliphatic heterocycles. The van der Waals surface area contributed by atoms with E-state index in [1.807, 2.05) is 0 Å². The van der Waals surface area contributed by atoms with Gasteiger partial charge in [0.25, 0.3) is 11.8 Å². The van der Waals surface area contributed by atoms with Crippen LogP contribution >= 0.6 is 0 Å². The molecule has 0 bridgehead atoms. The normalized spacial score (nSPS) is 11.2. The van der Waals surface area contributed by atoms with Crippen molar-refractivity contribution in [3.8, 4) is 11.5 Å². The Balaban J connectivity index is 1.63. The minimum atomic E-state index is -1.15. The number of hydrogen-bond acceptors (Lipinski definition) is 6. The number of rotatable bonds is 8. The van der Waals surface area contributed by atoms with E-state index in [0.717, 1.165) is 18.2 Å². The van der Waals surface area contributed by atoms with Gasteiger partial charge in [-0.2, -0.15) is 0 Å². The van der Waals surface area contributed by atoms with Crippen LogP contribution in [0.4, 0.5) is 21.5 Å². The van der Waals surface area contributed by atoms with Gasteiger partial charge < -0.3 is 20.1 Å². The Kier molecular flexibility index (Phi) is 7.19. The number of anilines is 2. The summed E-state index contributed by atoms with van der Waals surface area (Å²) in [5, 5.41) is 16.4. The number of halogens is 1. The van der Waals surface area contributed by atoms with Crippen molar-refractivity contribution in [3.63, 3.8) is 0 Å². The van der Waals surface area contributed by atoms with Gasteiger partial charge in [0.15, 0.2) is 6.10 Å². The zero-order valence-electron chi connectivity index (χ0n) is 17.7. The van der Waals surface area contributed by atoms with E-state index in [1.54, 1.807) is 24.3 Å². The van der Waals surface area contributed by atoms with E-state index < -0.39 is 28.4 Å². The van der Waals surface area contributed by atoms with Gasteiger partial charge in [0.2, 0.25) is 5.75 Å². The van der Waals surface area contributed by atoms with Crippen LogP contribution in [0.2, 0.25) is 0 Å². The summed E-state index contributed by atoms with van der Waals surface area (Å²) in [4.78, 5) is 35.3. The molecule has 170 valence electrons. The number of nitrogens with zero attached hydrogens (tertiary/aromatic N) is 1. The Hall–Kier alpha value is -4.47. The first kappa shape index (κ1) is 23.2. The fourth-order valence-electron chi connectivity index (χ4n) is 2.87. The lowest BCUT2D eigenvalue weighted by molar-refractivity contribution is -0.386. The number of hydrogen-bond donors (Lipinski definition) is 2.